The summed E-state index contributed by atoms with van der Waals surface area (Å²) in [5.41, 5.74) is 2.83. The van der Waals surface area contributed by atoms with Crippen molar-refractivity contribution >= 4 is 11.9 Å². The van der Waals surface area contributed by atoms with Gasteiger partial charge in [0.25, 0.3) is 5.91 Å². The average Bonchev–Trinajstić information content (AvgIpc) is 2.73. The Hall–Kier alpha value is -3.23. The van der Waals surface area contributed by atoms with Crippen molar-refractivity contribution in [2.75, 3.05) is 20.2 Å². The summed E-state index contributed by atoms with van der Waals surface area (Å²) in [5, 5.41) is 8.95. The van der Waals surface area contributed by atoms with Crippen molar-refractivity contribution in [1.29, 1.82) is 0 Å². The Morgan fingerprint density at radius 3 is 2.48 bits per heavy atom. The summed E-state index contributed by atoms with van der Waals surface area (Å²) in [6.45, 7) is 3.48. The van der Waals surface area contributed by atoms with Crippen molar-refractivity contribution < 1.29 is 22.7 Å². The topological polar surface area (TPSA) is 74.8 Å². The van der Waals surface area contributed by atoms with E-state index >= 15 is 0 Å². The first kappa shape index (κ1) is 24.0. The van der Waals surface area contributed by atoms with E-state index in [1.54, 1.807) is 50.4 Å². The number of carbonyl (C=O) groups is 1. The van der Waals surface area contributed by atoms with Crippen LogP contribution in [0.3, 0.4) is 0 Å². The van der Waals surface area contributed by atoms with Crippen LogP contribution in [0.2, 0.25) is 0 Å². The third-order valence-corrected chi connectivity index (χ3v) is 4.27. The number of benzene rings is 2. The summed E-state index contributed by atoms with van der Waals surface area (Å²) in [7, 11) is 1.59. The highest BCUT2D eigenvalue weighted by Crippen LogP contribution is 2.23. The monoisotopic (exact) mass is 436 g/mol. The molecule has 2 aromatic carbocycles. The number of rotatable bonds is 8. The van der Waals surface area contributed by atoms with Crippen molar-refractivity contribution in [1.82, 2.24) is 16.0 Å². The van der Waals surface area contributed by atoms with E-state index in [0.29, 0.717) is 30.2 Å². The molecule has 0 atom stereocenters. The summed E-state index contributed by atoms with van der Waals surface area (Å²) >= 11 is 0. The average molecular weight is 436 g/mol. The Balaban J connectivity index is 1.98. The van der Waals surface area contributed by atoms with Gasteiger partial charge in [-0.15, -0.1) is 0 Å². The summed E-state index contributed by atoms with van der Waals surface area (Å²) in [6, 6.07) is 12.3. The highest BCUT2D eigenvalue weighted by atomic mass is 19.4. The molecule has 2 aromatic rings. The van der Waals surface area contributed by atoms with Crippen LogP contribution < -0.4 is 20.7 Å². The Bertz CT molecular complexity index is 914. The highest BCUT2D eigenvalue weighted by molar-refractivity contribution is 5.94. The van der Waals surface area contributed by atoms with Gasteiger partial charge >= 0.3 is 6.18 Å². The number of carbonyl (C=O) groups excluding carboxylic acids is 1. The van der Waals surface area contributed by atoms with Gasteiger partial charge in [0.15, 0.2) is 12.6 Å². The molecular weight excluding hydrogens is 409 g/mol. The second-order valence-electron chi connectivity index (χ2n) is 6.85. The molecule has 0 heterocycles. The van der Waals surface area contributed by atoms with Gasteiger partial charge in [-0.2, -0.15) is 13.2 Å². The molecule has 9 heteroatoms. The number of amides is 1. The summed E-state index contributed by atoms with van der Waals surface area (Å²) < 4.78 is 42.6. The number of guanidine groups is 1. The van der Waals surface area contributed by atoms with Gasteiger partial charge in [-0.3, -0.25) is 9.79 Å². The maximum atomic E-state index is 12.5. The second-order valence-corrected chi connectivity index (χ2v) is 6.85. The molecule has 0 bridgehead atoms. The van der Waals surface area contributed by atoms with Gasteiger partial charge in [0.1, 0.15) is 5.75 Å². The fourth-order valence-electron chi connectivity index (χ4n) is 2.77. The lowest BCUT2D eigenvalue weighted by Crippen LogP contribution is -2.36. The highest BCUT2D eigenvalue weighted by Gasteiger charge is 2.28. The van der Waals surface area contributed by atoms with Crippen LogP contribution in [0, 0.1) is 6.92 Å². The van der Waals surface area contributed by atoms with E-state index in [9.17, 15) is 18.0 Å². The molecule has 0 saturated heterocycles. The third-order valence-electron chi connectivity index (χ3n) is 4.27. The van der Waals surface area contributed by atoms with Crippen molar-refractivity contribution in [2.24, 2.45) is 4.99 Å². The van der Waals surface area contributed by atoms with Crippen LogP contribution >= 0.6 is 0 Å². The van der Waals surface area contributed by atoms with Gasteiger partial charge in [-0.25, -0.2) is 0 Å². The van der Waals surface area contributed by atoms with Crippen molar-refractivity contribution in [3.63, 3.8) is 0 Å². The van der Waals surface area contributed by atoms with E-state index in [-0.39, 0.29) is 18.2 Å². The van der Waals surface area contributed by atoms with E-state index in [2.05, 4.69) is 20.9 Å². The van der Waals surface area contributed by atoms with Crippen LogP contribution in [0.1, 0.15) is 34.0 Å². The van der Waals surface area contributed by atoms with Gasteiger partial charge in [-0.1, -0.05) is 24.3 Å². The standard InChI is InChI=1S/C22H27F3N4O2/c1-4-27-20(30)17-7-5-6-16(11-17)12-28-21(26-3)29-13-18-9-8-15(2)10-19(18)31-14-22(23,24)25/h5-11H,4,12-14H2,1-3H3,(H,27,30)(H2,26,28,29). The number of aryl methyl sites for hydroxylation is 1. The number of ether oxygens (including phenoxy) is 1. The van der Waals surface area contributed by atoms with Crippen LogP contribution in [0.4, 0.5) is 13.2 Å². The number of hydrogen-bond acceptors (Lipinski definition) is 3. The predicted octanol–water partition coefficient (Wildman–Crippen LogP) is 3.55. The van der Waals surface area contributed by atoms with Crippen molar-refractivity contribution in [3.8, 4) is 5.75 Å². The minimum atomic E-state index is -4.41. The minimum Gasteiger partial charge on any atom is -0.484 e. The molecule has 0 aliphatic carbocycles. The first-order valence-corrected chi connectivity index (χ1v) is 9.82. The van der Waals surface area contributed by atoms with Crippen molar-refractivity contribution in [3.05, 3.63) is 64.7 Å². The molecule has 0 aromatic heterocycles. The fraction of sp³-hybridized carbons (Fsp3) is 0.364. The van der Waals surface area contributed by atoms with Gasteiger partial charge < -0.3 is 20.7 Å². The molecule has 0 saturated carbocycles. The van der Waals surface area contributed by atoms with Gasteiger partial charge in [0, 0.05) is 37.8 Å². The van der Waals surface area contributed by atoms with E-state index in [1.165, 1.54) is 0 Å². The van der Waals surface area contributed by atoms with Crippen LogP contribution in [0.25, 0.3) is 0 Å². The van der Waals surface area contributed by atoms with E-state index < -0.39 is 12.8 Å². The molecule has 31 heavy (non-hydrogen) atoms. The summed E-state index contributed by atoms with van der Waals surface area (Å²) in [6.07, 6.45) is -4.41. The van der Waals surface area contributed by atoms with E-state index in [4.69, 9.17) is 4.74 Å². The van der Waals surface area contributed by atoms with E-state index in [0.717, 1.165) is 11.1 Å². The molecule has 0 aliphatic heterocycles. The van der Waals surface area contributed by atoms with E-state index in [1.807, 2.05) is 13.0 Å². The Labute approximate surface area is 179 Å². The lowest BCUT2D eigenvalue weighted by atomic mass is 10.1. The zero-order valence-electron chi connectivity index (χ0n) is 17.8. The van der Waals surface area contributed by atoms with Gasteiger partial charge in [0.2, 0.25) is 0 Å². The molecule has 0 spiro atoms. The van der Waals surface area contributed by atoms with Gasteiger partial charge in [-0.05, 0) is 43.2 Å². The van der Waals surface area contributed by atoms with Crippen LogP contribution in [0.5, 0.6) is 5.75 Å². The number of halogens is 3. The molecule has 0 aliphatic rings. The van der Waals surface area contributed by atoms with Gasteiger partial charge in [0.05, 0.1) is 0 Å². The number of hydrogen-bond donors (Lipinski definition) is 3. The third kappa shape index (κ3) is 8.19. The lowest BCUT2D eigenvalue weighted by molar-refractivity contribution is -0.153. The first-order valence-electron chi connectivity index (χ1n) is 9.82. The molecule has 1 amide bonds. The Kier molecular flexibility index (Phi) is 8.72. The van der Waals surface area contributed by atoms with Crippen LogP contribution in [0.15, 0.2) is 47.5 Å². The zero-order valence-corrected chi connectivity index (χ0v) is 17.8. The number of nitrogens with zero attached hydrogens (tertiary/aromatic N) is 1. The van der Waals surface area contributed by atoms with Crippen LogP contribution in [-0.2, 0) is 13.1 Å². The smallest absolute Gasteiger partial charge is 0.422 e. The molecule has 6 nitrogen and oxygen atoms in total. The Morgan fingerprint density at radius 1 is 1.06 bits per heavy atom. The SMILES string of the molecule is CCNC(=O)c1cccc(CNC(=NC)NCc2ccc(C)cc2OCC(F)(F)F)c1. The largest absolute Gasteiger partial charge is 0.484 e. The molecule has 0 radical (unpaired) electrons. The number of aliphatic imine (C=N–C) groups is 1. The normalized spacial score (nSPS) is 11.7. The quantitative estimate of drug-likeness (QED) is 0.437. The minimum absolute atomic E-state index is 0.141. The predicted molar refractivity (Wildman–Crippen MR) is 114 cm³/mol. The summed E-state index contributed by atoms with van der Waals surface area (Å²) in [5.74, 6) is 0.498. The fourth-order valence-corrected chi connectivity index (χ4v) is 2.77. The number of alkyl halides is 3. The summed E-state index contributed by atoms with van der Waals surface area (Å²) in [4.78, 5) is 16.1. The van der Waals surface area contributed by atoms with Crippen LogP contribution in [-0.4, -0.2) is 38.2 Å². The molecular formula is C22H27F3N4O2. The molecule has 2 rings (SSSR count). The van der Waals surface area contributed by atoms with Crippen molar-refractivity contribution in [2.45, 2.75) is 33.1 Å². The molecule has 0 unspecified atom stereocenters. The first-order chi connectivity index (χ1) is 14.7. The molecule has 168 valence electrons. The second kappa shape index (κ2) is 11.2. The lowest BCUT2D eigenvalue weighted by Gasteiger charge is -2.16. The number of nitrogens with one attached hydrogen (secondary N) is 3. The molecule has 0 fully saturated rings. The maximum absolute atomic E-state index is 12.5. The Morgan fingerprint density at radius 2 is 1.81 bits per heavy atom. The maximum Gasteiger partial charge on any atom is 0.422 e. The zero-order chi connectivity index (χ0) is 22.9. The molecule has 3 N–H and O–H groups in total.